The van der Waals surface area contributed by atoms with E-state index in [-0.39, 0.29) is 6.42 Å². The van der Waals surface area contributed by atoms with Gasteiger partial charge in [0.25, 0.3) is 0 Å². The van der Waals surface area contributed by atoms with Crippen LogP contribution < -0.4 is 5.73 Å². The third-order valence-corrected chi connectivity index (χ3v) is 2.87. The number of nitrogens with two attached hydrogens (primary N) is 1. The number of carbonyl (C=O) groups is 1. The van der Waals surface area contributed by atoms with E-state index in [1.165, 1.54) is 0 Å². The van der Waals surface area contributed by atoms with Crippen molar-refractivity contribution in [2.24, 2.45) is 5.73 Å². The molecular weight excluding hydrogens is 285 g/mol. The molecule has 0 saturated heterocycles. The highest BCUT2D eigenvalue weighted by Gasteiger charge is 2.30. The summed E-state index contributed by atoms with van der Waals surface area (Å²) in [5, 5.41) is 1.72. The van der Waals surface area contributed by atoms with Crippen LogP contribution in [0.25, 0.3) is 10.8 Å². The monoisotopic (exact) mass is 298 g/mol. The summed E-state index contributed by atoms with van der Waals surface area (Å²) in [7, 11) is 0. The van der Waals surface area contributed by atoms with Gasteiger partial charge in [-0.1, -0.05) is 24.3 Å². The Morgan fingerprint density at radius 2 is 2.00 bits per heavy atom. The first-order valence-corrected chi connectivity index (χ1v) is 6.17. The number of benzene rings is 1. The lowest BCUT2D eigenvalue weighted by atomic mass is 10.0. The summed E-state index contributed by atoms with van der Waals surface area (Å²) in [6, 6.07) is 6.17. The summed E-state index contributed by atoms with van der Waals surface area (Å²) >= 11 is 0. The molecule has 112 valence electrons. The van der Waals surface area contributed by atoms with Crippen LogP contribution in [-0.4, -0.2) is 29.8 Å². The van der Waals surface area contributed by atoms with Crippen molar-refractivity contribution in [3.8, 4) is 0 Å². The van der Waals surface area contributed by atoms with Crippen molar-refractivity contribution < 1.29 is 22.7 Å². The molecule has 7 heteroatoms. The number of pyridine rings is 1. The first kappa shape index (κ1) is 15.2. The third-order valence-electron chi connectivity index (χ3n) is 2.87. The Labute approximate surface area is 118 Å². The highest BCUT2D eigenvalue weighted by atomic mass is 19.4. The van der Waals surface area contributed by atoms with Gasteiger partial charge in [0.1, 0.15) is 6.04 Å². The van der Waals surface area contributed by atoms with Gasteiger partial charge in [-0.05, 0) is 10.9 Å². The average molecular weight is 298 g/mol. The molecule has 1 atom stereocenters. The standard InChI is InChI=1S/C14H13F3N2O2/c15-14(16,17)8-21-13(20)12(18)5-10-7-19-6-9-3-1-2-4-11(9)10/h1-4,6-7,12H,5,8,18H2/t12-/m0/s1. The van der Waals surface area contributed by atoms with E-state index in [9.17, 15) is 18.0 Å². The van der Waals surface area contributed by atoms with Gasteiger partial charge in [0, 0.05) is 24.2 Å². The van der Waals surface area contributed by atoms with Crippen molar-refractivity contribution >= 4 is 16.7 Å². The fourth-order valence-corrected chi connectivity index (χ4v) is 1.92. The predicted octanol–water partition coefficient (Wildman–Crippen LogP) is 2.21. The molecule has 4 nitrogen and oxygen atoms in total. The molecule has 0 aliphatic heterocycles. The van der Waals surface area contributed by atoms with Crippen molar-refractivity contribution in [2.75, 3.05) is 6.61 Å². The van der Waals surface area contributed by atoms with Gasteiger partial charge < -0.3 is 10.5 Å². The van der Waals surface area contributed by atoms with Gasteiger partial charge in [-0.15, -0.1) is 0 Å². The maximum Gasteiger partial charge on any atom is 0.422 e. The molecule has 0 spiro atoms. The summed E-state index contributed by atoms with van der Waals surface area (Å²) in [5.74, 6) is -1.08. The largest absolute Gasteiger partial charge is 0.455 e. The number of hydrogen-bond donors (Lipinski definition) is 1. The maximum atomic E-state index is 12.0. The van der Waals surface area contributed by atoms with Gasteiger partial charge in [0.2, 0.25) is 0 Å². The van der Waals surface area contributed by atoms with Crippen LogP contribution >= 0.6 is 0 Å². The van der Waals surface area contributed by atoms with Crippen LogP contribution in [0.2, 0.25) is 0 Å². The van der Waals surface area contributed by atoms with E-state index in [4.69, 9.17) is 5.73 Å². The fourth-order valence-electron chi connectivity index (χ4n) is 1.92. The molecule has 0 aliphatic carbocycles. The van der Waals surface area contributed by atoms with Crippen LogP contribution in [-0.2, 0) is 16.0 Å². The Hall–Kier alpha value is -2.15. The number of fused-ring (bicyclic) bond motifs is 1. The zero-order valence-corrected chi connectivity index (χ0v) is 10.9. The van der Waals surface area contributed by atoms with Crippen molar-refractivity contribution in [3.63, 3.8) is 0 Å². The number of esters is 1. The van der Waals surface area contributed by atoms with E-state index in [2.05, 4.69) is 9.72 Å². The van der Waals surface area contributed by atoms with Gasteiger partial charge in [0.15, 0.2) is 6.61 Å². The lowest BCUT2D eigenvalue weighted by molar-refractivity contribution is -0.187. The van der Waals surface area contributed by atoms with E-state index in [1.807, 2.05) is 24.3 Å². The van der Waals surface area contributed by atoms with Crippen molar-refractivity contribution in [1.29, 1.82) is 0 Å². The number of hydrogen-bond acceptors (Lipinski definition) is 4. The lowest BCUT2D eigenvalue weighted by Gasteiger charge is -2.13. The van der Waals surface area contributed by atoms with Crippen LogP contribution in [0.3, 0.4) is 0 Å². The van der Waals surface area contributed by atoms with Crippen LogP contribution in [0.15, 0.2) is 36.7 Å². The highest BCUT2D eigenvalue weighted by molar-refractivity contribution is 5.85. The number of alkyl halides is 3. The highest BCUT2D eigenvalue weighted by Crippen LogP contribution is 2.19. The SMILES string of the molecule is N[C@@H](Cc1cncc2ccccc12)C(=O)OCC(F)(F)F. The zero-order valence-electron chi connectivity index (χ0n) is 10.9. The number of carbonyl (C=O) groups excluding carboxylic acids is 1. The van der Waals surface area contributed by atoms with E-state index in [0.717, 1.165) is 10.8 Å². The molecular formula is C14H13F3N2O2. The summed E-state index contributed by atoms with van der Waals surface area (Å²) in [6.07, 6.45) is -1.30. The molecule has 0 bridgehead atoms. The first-order chi connectivity index (χ1) is 9.87. The number of nitrogens with zero attached hydrogens (tertiary/aromatic N) is 1. The van der Waals surface area contributed by atoms with Crippen LogP contribution in [0.4, 0.5) is 13.2 Å². The molecule has 0 unspecified atom stereocenters. The molecule has 2 N–H and O–H groups in total. The Morgan fingerprint density at radius 1 is 1.29 bits per heavy atom. The molecule has 2 rings (SSSR count). The van der Waals surface area contributed by atoms with Crippen LogP contribution in [0, 0.1) is 0 Å². The predicted molar refractivity (Wildman–Crippen MR) is 70.4 cm³/mol. The average Bonchev–Trinajstić information content (AvgIpc) is 2.44. The minimum atomic E-state index is -4.56. The third kappa shape index (κ3) is 4.16. The molecule has 2 aromatic rings. The maximum absolute atomic E-state index is 12.0. The molecule has 0 radical (unpaired) electrons. The quantitative estimate of drug-likeness (QED) is 0.879. The fraction of sp³-hybridized carbons (Fsp3) is 0.286. The minimum absolute atomic E-state index is 0.0606. The molecule has 0 fully saturated rings. The molecule has 1 aromatic heterocycles. The van der Waals surface area contributed by atoms with Gasteiger partial charge in [-0.2, -0.15) is 13.2 Å². The first-order valence-electron chi connectivity index (χ1n) is 6.17. The molecule has 1 aromatic carbocycles. The van der Waals surface area contributed by atoms with Crippen molar-refractivity contribution in [3.05, 3.63) is 42.2 Å². The lowest BCUT2D eigenvalue weighted by Crippen LogP contribution is -2.36. The molecule has 21 heavy (non-hydrogen) atoms. The van der Waals surface area contributed by atoms with Gasteiger partial charge in [0.05, 0.1) is 0 Å². The Kier molecular flexibility index (Phi) is 4.42. The van der Waals surface area contributed by atoms with E-state index in [1.54, 1.807) is 12.4 Å². The van der Waals surface area contributed by atoms with E-state index >= 15 is 0 Å². The normalized spacial score (nSPS) is 13.1. The summed E-state index contributed by atoms with van der Waals surface area (Å²) < 4.78 is 40.1. The van der Waals surface area contributed by atoms with E-state index in [0.29, 0.717) is 5.56 Å². The summed E-state index contributed by atoms with van der Waals surface area (Å²) in [6.45, 7) is -1.63. The van der Waals surface area contributed by atoms with Crippen molar-refractivity contribution in [2.45, 2.75) is 18.6 Å². The second kappa shape index (κ2) is 6.09. The number of ether oxygens (including phenoxy) is 1. The Balaban J connectivity index is 2.08. The molecule has 0 amide bonds. The zero-order chi connectivity index (χ0) is 15.5. The molecule has 0 aliphatic rings. The smallest absolute Gasteiger partial charge is 0.422 e. The van der Waals surface area contributed by atoms with E-state index < -0.39 is 24.8 Å². The summed E-state index contributed by atoms with van der Waals surface area (Å²) in [5.41, 5.74) is 6.28. The second-order valence-corrected chi connectivity index (χ2v) is 4.55. The van der Waals surface area contributed by atoms with Crippen molar-refractivity contribution in [1.82, 2.24) is 4.98 Å². The number of rotatable bonds is 4. The molecule has 0 saturated carbocycles. The Bertz CT molecular complexity index is 638. The summed E-state index contributed by atoms with van der Waals surface area (Å²) in [4.78, 5) is 15.5. The van der Waals surface area contributed by atoms with Crippen LogP contribution in [0.1, 0.15) is 5.56 Å². The minimum Gasteiger partial charge on any atom is -0.455 e. The number of halogens is 3. The topological polar surface area (TPSA) is 65.2 Å². The van der Waals surface area contributed by atoms with Gasteiger partial charge in [-0.3, -0.25) is 9.78 Å². The Morgan fingerprint density at radius 3 is 2.71 bits per heavy atom. The van der Waals surface area contributed by atoms with Gasteiger partial charge >= 0.3 is 12.1 Å². The van der Waals surface area contributed by atoms with Crippen LogP contribution in [0.5, 0.6) is 0 Å². The number of aromatic nitrogens is 1. The second-order valence-electron chi connectivity index (χ2n) is 4.55. The van der Waals surface area contributed by atoms with Gasteiger partial charge in [-0.25, -0.2) is 0 Å². The molecule has 1 heterocycles.